The zero-order valence-corrected chi connectivity index (χ0v) is 39.8. The normalized spacial score (nSPS) is 12.1. The number of benzene rings is 10. The Morgan fingerprint density at radius 2 is 0.955 bits per heavy atom. The van der Waals surface area contributed by atoms with Crippen LogP contribution in [0.2, 0.25) is 0 Å². The minimum atomic E-state index is 0.0332. The summed E-state index contributed by atoms with van der Waals surface area (Å²) in [5.41, 5.74) is 22.8. The fraction of sp³-hybridized carbons (Fsp3) is 0.143. The Kier molecular flexibility index (Phi) is 9.32. The summed E-state index contributed by atoms with van der Waals surface area (Å²) in [7, 11) is 0. The van der Waals surface area contributed by atoms with Gasteiger partial charge in [0.05, 0.1) is 17.1 Å². The van der Waals surface area contributed by atoms with Crippen LogP contribution in [0.15, 0.2) is 156 Å². The maximum absolute atomic E-state index is 7.12. The second-order valence-electron chi connectivity index (χ2n) is 19.4. The van der Waals surface area contributed by atoms with Gasteiger partial charge >= 0.3 is 0 Å². The molecule has 3 nitrogen and oxygen atoms in total. The molecule has 0 spiro atoms. The third-order valence-electron chi connectivity index (χ3n) is 14.6. The van der Waals surface area contributed by atoms with Gasteiger partial charge in [0, 0.05) is 27.8 Å². The van der Waals surface area contributed by atoms with Gasteiger partial charge in [-0.3, -0.25) is 0 Å². The molecule has 0 saturated carbocycles. The summed E-state index contributed by atoms with van der Waals surface area (Å²) in [6.45, 7) is 20.2. The van der Waals surface area contributed by atoms with Crippen molar-refractivity contribution in [1.29, 1.82) is 0 Å². The van der Waals surface area contributed by atoms with Gasteiger partial charge in [0.15, 0.2) is 5.58 Å². The van der Waals surface area contributed by atoms with E-state index in [1.54, 1.807) is 0 Å². The number of hydrogen-bond donors (Lipinski definition) is 0. The van der Waals surface area contributed by atoms with Crippen molar-refractivity contribution in [1.82, 2.24) is 0 Å². The minimum absolute atomic E-state index is 0.0332. The van der Waals surface area contributed by atoms with Crippen LogP contribution in [-0.4, -0.2) is 6.71 Å². The van der Waals surface area contributed by atoms with Crippen LogP contribution >= 0.6 is 0 Å². The van der Waals surface area contributed by atoms with Crippen LogP contribution in [0.3, 0.4) is 0 Å². The van der Waals surface area contributed by atoms with E-state index in [4.69, 9.17) is 9.15 Å². The van der Waals surface area contributed by atoms with Crippen molar-refractivity contribution < 1.29 is 9.15 Å². The van der Waals surface area contributed by atoms with E-state index in [1.165, 1.54) is 99.0 Å². The van der Waals surface area contributed by atoms with Crippen LogP contribution in [0.5, 0.6) is 11.5 Å². The number of aryl methyl sites for hydroxylation is 9. The number of para-hydroxylation sites is 2. The van der Waals surface area contributed by atoms with E-state index in [9.17, 15) is 0 Å². The van der Waals surface area contributed by atoms with Gasteiger partial charge in [-0.25, -0.2) is 0 Å². The molecular formula is C63H52BNO2. The van der Waals surface area contributed by atoms with Gasteiger partial charge in [-0.05, 0) is 142 Å². The van der Waals surface area contributed by atoms with E-state index in [1.807, 2.05) is 6.07 Å². The zero-order chi connectivity index (χ0) is 46.0. The van der Waals surface area contributed by atoms with Gasteiger partial charge in [0.25, 0.3) is 0 Å². The van der Waals surface area contributed by atoms with Crippen LogP contribution in [0.4, 0.5) is 17.1 Å². The van der Waals surface area contributed by atoms with Gasteiger partial charge in [0.1, 0.15) is 17.1 Å². The van der Waals surface area contributed by atoms with Crippen LogP contribution < -0.4 is 26.0 Å². The van der Waals surface area contributed by atoms with Crippen LogP contribution in [0.25, 0.3) is 65.4 Å². The Labute approximate surface area is 393 Å². The molecular weight excluding hydrogens is 814 g/mol. The predicted molar refractivity (Wildman–Crippen MR) is 287 cm³/mol. The topological polar surface area (TPSA) is 25.6 Å². The highest BCUT2D eigenvalue weighted by Crippen LogP contribution is 2.52. The molecule has 0 fully saturated rings. The number of nitrogens with zero attached hydrogens (tertiary/aromatic N) is 1. The summed E-state index contributed by atoms with van der Waals surface area (Å²) in [6, 6.07) is 56.2. The minimum Gasteiger partial charge on any atom is -0.456 e. The summed E-state index contributed by atoms with van der Waals surface area (Å²) >= 11 is 0. The Morgan fingerprint density at radius 1 is 0.403 bits per heavy atom. The highest BCUT2D eigenvalue weighted by atomic mass is 16.5. The van der Waals surface area contributed by atoms with Gasteiger partial charge in [-0.15, -0.1) is 0 Å². The lowest BCUT2D eigenvalue weighted by molar-refractivity contribution is 0.487. The first-order valence-electron chi connectivity index (χ1n) is 23.6. The molecule has 2 heterocycles. The molecule has 4 heteroatoms. The van der Waals surface area contributed by atoms with Crippen molar-refractivity contribution in [3.63, 3.8) is 0 Å². The summed E-state index contributed by atoms with van der Waals surface area (Å²) in [6.07, 6.45) is 0. The van der Waals surface area contributed by atoms with Crippen molar-refractivity contribution in [2.24, 2.45) is 0 Å². The molecule has 10 aromatic carbocycles. The first-order valence-corrected chi connectivity index (χ1v) is 23.6. The molecule has 12 rings (SSSR count). The summed E-state index contributed by atoms with van der Waals surface area (Å²) in [5, 5.41) is 9.57. The number of hydrogen-bond acceptors (Lipinski definition) is 3. The number of rotatable bonds is 6. The lowest BCUT2D eigenvalue weighted by Crippen LogP contribution is -2.56. The van der Waals surface area contributed by atoms with Crippen LogP contribution in [0.1, 0.15) is 50.1 Å². The Morgan fingerprint density at radius 3 is 1.63 bits per heavy atom. The van der Waals surface area contributed by atoms with Crippen molar-refractivity contribution >= 4 is 94.4 Å². The highest BCUT2D eigenvalue weighted by Gasteiger charge is 2.32. The molecule has 0 aliphatic carbocycles. The quantitative estimate of drug-likeness (QED) is 0.123. The van der Waals surface area contributed by atoms with E-state index in [2.05, 4.69) is 213 Å². The average molecular weight is 866 g/mol. The molecule has 11 aromatic rings. The molecule has 67 heavy (non-hydrogen) atoms. The van der Waals surface area contributed by atoms with E-state index < -0.39 is 0 Å². The molecule has 0 unspecified atom stereocenters. The number of ether oxygens (including phenoxy) is 1. The second kappa shape index (κ2) is 15.3. The van der Waals surface area contributed by atoms with Crippen LogP contribution in [-0.2, 0) is 0 Å². The zero-order valence-electron chi connectivity index (χ0n) is 39.8. The molecule has 0 bridgehead atoms. The maximum Gasteiger partial charge on any atom is 0.243 e. The van der Waals surface area contributed by atoms with Crippen molar-refractivity contribution in [2.45, 2.75) is 62.3 Å². The molecule has 1 aromatic heterocycles. The van der Waals surface area contributed by atoms with E-state index in [0.717, 1.165) is 61.4 Å². The van der Waals surface area contributed by atoms with Crippen molar-refractivity contribution in [3.05, 3.63) is 202 Å². The Balaban J connectivity index is 1.10. The fourth-order valence-electron chi connectivity index (χ4n) is 12.2. The summed E-state index contributed by atoms with van der Waals surface area (Å²) < 4.78 is 13.8. The second-order valence-corrected chi connectivity index (χ2v) is 19.4. The first kappa shape index (κ1) is 40.9. The predicted octanol–water partition coefficient (Wildman–Crippen LogP) is 15.6. The lowest BCUT2D eigenvalue weighted by Gasteiger charge is -2.30. The maximum atomic E-state index is 7.12. The molecule has 1 aliphatic rings. The van der Waals surface area contributed by atoms with E-state index >= 15 is 0 Å². The molecule has 0 radical (unpaired) electrons. The van der Waals surface area contributed by atoms with Crippen molar-refractivity contribution in [3.8, 4) is 22.6 Å². The molecule has 0 N–H and O–H groups in total. The van der Waals surface area contributed by atoms with Crippen molar-refractivity contribution in [2.75, 3.05) is 4.90 Å². The molecule has 324 valence electrons. The Bertz CT molecular complexity index is 3780. The first-order chi connectivity index (χ1) is 32.4. The number of fused-ring (bicyclic) bond motifs is 9. The fourth-order valence-corrected chi connectivity index (χ4v) is 12.2. The van der Waals surface area contributed by atoms with Gasteiger partial charge in [0.2, 0.25) is 6.71 Å². The summed E-state index contributed by atoms with van der Waals surface area (Å²) in [4.78, 5) is 2.37. The third-order valence-corrected chi connectivity index (χ3v) is 14.6. The molecule has 0 saturated heterocycles. The van der Waals surface area contributed by atoms with Gasteiger partial charge in [-0.2, -0.15) is 0 Å². The standard InChI is InChI=1S/C63H52BNO2/c1-35-26-38(4)60(39(5)27-35)64(61-40(6)28-36(2)29-41(61)7)54-34-52-49-19-15-23-57-59(49)53(33-51(52)45-16-10-11-17-46(45)54)48-25-24-44(32-58(48)66-57)65(62-42(8)30-37(3)31-43(62)9)55-21-14-20-50-47-18-12-13-22-56(47)67-63(50)55/h10-34H,1-9H3. The molecule has 1 aliphatic heterocycles. The Hall–Kier alpha value is -7.56. The highest BCUT2D eigenvalue weighted by molar-refractivity contribution is 6.98. The van der Waals surface area contributed by atoms with E-state index in [-0.39, 0.29) is 6.71 Å². The average Bonchev–Trinajstić information content (AvgIpc) is 3.68. The van der Waals surface area contributed by atoms with Gasteiger partial charge in [-0.1, -0.05) is 165 Å². The molecule has 0 amide bonds. The number of anilines is 3. The molecule has 0 atom stereocenters. The lowest BCUT2D eigenvalue weighted by atomic mass is 9.33. The largest absolute Gasteiger partial charge is 0.456 e. The monoisotopic (exact) mass is 865 g/mol. The third kappa shape index (κ3) is 6.34. The summed E-state index contributed by atoms with van der Waals surface area (Å²) in [5.74, 6) is 1.70. The smallest absolute Gasteiger partial charge is 0.243 e. The number of furan rings is 1. The van der Waals surface area contributed by atoms with Crippen LogP contribution in [0, 0.1) is 62.3 Å². The SMILES string of the molecule is Cc1cc(C)c(B(c2c(C)cc(C)cc2C)c2cc3c4cccc5c4c(cc3c3ccccc23)-c2ccc(N(c3c(C)cc(C)cc3C)c3cccc4c3oc3ccccc34)cc2O5)c(C)c1. The van der Waals surface area contributed by atoms with E-state index in [0.29, 0.717) is 0 Å². The van der Waals surface area contributed by atoms with Gasteiger partial charge < -0.3 is 14.1 Å².